The number of piperidine rings is 1. The van der Waals surface area contributed by atoms with Crippen LogP contribution in [0.5, 0.6) is 11.5 Å². The molecule has 1 fully saturated rings. The minimum Gasteiger partial charge on any atom is -0.497 e. The maximum atomic E-state index is 13.0. The molecule has 2 aromatic rings. The fraction of sp³-hybridized carbons (Fsp3) is 0.438. The van der Waals surface area contributed by atoms with Gasteiger partial charge in [-0.3, -0.25) is 0 Å². The average molecular weight is 368 g/mol. The van der Waals surface area contributed by atoms with Crippen LogP contribution < -0.4 is 9.47 Å². The normalized spacial score (nSPS) is 16.9. The predicted molar refractivity (Wildman–Crippen MR) is 92.4 cm³/mol. The number of methoxy groups -OCH3 is 2. The molecule has 0 bridgehead atoms. The van der Waals surface area contributed by atoms with Gasteiger partial charge in [0.2, 0.25) is 10.0 Å². The van der Waals surface area contributed by atoms with Crippen LogP contribution in [0.1, 0.15) is 23.8 Å². The fourth-order valence-electron chi connectivity index (χ4n) is 2.91. The minimum absolute atomic E-state index is 0.179. The summed E-state index contributed by atoms with van der Waals surface area (Å²) in [7, 11) is -0.591. The van der Waals surface area contributed by atoms with Crippen molar-refractivity contribution in [1.29, 1.82) is 0 Å². The number of hydrogen-bond acceptors (Lipinski definition) is 6. The molecule has 0 atom stereocenters. The van der Waals surface area contributed by atoms with Crippen LogP contribution in [0.4, 0.5) is 0 Å². The molecule has 0 N–H and O–H groups in total. The smallest absolute Gasteiger partial charge is 0.246 e. The molecule has 1 aliphatic heterocycles. The van der Waals surface area contributed by atoms with Gasteiger partial charge in [-0.05, 0) is 25.0 Å². The van der Waals surface area contributed by atoms with Crippen LogP contribution in [0, 0.1) is 0 Å². The Morgan fingerprint density at radius 3 is 2.54 bits per heavy atom. The quantitative estimate of drug-likeness (QED) is 0.812. The Balaban J connectivity index is 1.79. The summed E-state index contributed by atoms with van der Waals surface area (Å²) < 4.78 is 37.8. The lowest BCUT2D eigenvalue weighted by atomic mass is 9.99. The summed E-state index contributed by atoms with van der Waals surface area (Å²) in [5.41, 5.74) is 0. The third kappa shape index (κ3) is 3.26. The van der Waals surface area contributed by atoms with Crippen LogP contribution in [0.25, 0.3) is 0 Å². The molecular weight excluding hydrogens is 348 g/mol. The molecule has 1 aromatic carbocycles. The van der Waals surface area contributed by atoms with Gasteiger partial charge in [0.25, 0.3) is 0 Å². The molecule has 0 saturated carbocycles. The van der Waals surface area contributed by atoms with Crippen LogP contribution >= 0.6 is 11.3 Å². The number of nitrogens with zero attached hydrogens (tertiary/aromatic N) is 2. The minimum atomic E-state index is -3.59. The molecule has 24 heavy (non-hydrogen) atoms. The van der Waals surface area contributed by atoms with Gasteiger partial charge in [0.05, 0.1) is 19.2 Å². The van der Waals surface area contributed by atoms with E-state index in [0.717, 1.165) is 17.8 Å². The molecule has 1 aromatic heterocycles. The Hall–Kier alpha value is -1.64. The van der Waals surface area contributed by atoms with Crippen LogP contribution in [0.15, 0.2) is 34.7 Å². The molecule has 6 nitrogen and oxygen atoms in total. The summed E-state index contributed by atoms with van der Waals surface area (Å²) in [6.45, 7) is 0.976. The van der Waals surface area contributed by atoms with Crippen molar-refractivity contribution in [3.63, 3.8) is 0 Å². The van der Waals surface area contributed by atoms with Gasteiger partial charge >= 0.3 is 0 Å². The number of ether oxygens (including phenoxy) is 2. The second-order valence-electron chi connectivity index (χ2n) is 5.57. The van der Waals surface area contributed by atoms with E-state index in [9.17, 15) is 8.42 Å². The summed E-state index contributed by atoms with van der Waals surface area (Å²) in [5, 5.41) is 3.05. The standard InChI is InChI=1S/C16H20N2O4S2/c1-21-13-3-4-15(14(11-13)22-2)24(19,20)18-8-5-12(6-9-18)16-17-7-10-23-16/h3-4,7,10-12H,5-6,8-9H2,1-2H3. The molecule has 0 unspecified atom stereocenters. The largest absolute Gasteiger partial charge is 0.497 e. The Bertz CT molecular complexity index is 782. The van der Waals surface area contributed by atoms with E-state index in [1.165, 1.54) is 18.5 Å². The second-order valence-corrected chi connectivity index (χ2v) is 8.40. The first-order valence-corrected chi connectivity index (χ1v) is 10.00. The zero-order valence-corrected chi connectivity index (χ0v) is 15.3. The van der Waals surface area contributed by atoms with E-state index in [1.54, 1.807) is 35.7 Å². The lowest BCUT2D eigenvalue weighted by molar-refractivity contribution is 0.316. The van der Waals surface area contributed by atoms with Crippen LogP contribution in [-0.2, 0) is 10.0 Å². The van der Waals surface area contributed by atoms with Crippen molar-refractivity contribution in [2.24, 2.45) is 0 Å². The summed E-state index contributed by atoms with van der Waals surface area (Å²) in [6, 6.07) is 4.77. The molecule has 3 rings (SSSR count). The first-order chi connectivity index (χ1) is 11.6. The fourth-order valence-corrected chi connectivity index (χ4v) is 5.32. The number of sulfonamides is 1. The van der Waals surface area contributed by atoms with E-state index in [1.807, 2.05) is 5.38 Å². The van der Waals surface area contributed by atoms with E-state index >= 15 is 0 Å². The number of aromatic nitrogens is 1. The van der Waals surface area contributed by atoms with E-state index in [0.29, 0.717) is 30.5 Å². The highest BCUT2D eigenvalue weighted by Crippen LogP contribution is 2.35. The third-order valence-corrected chi connectivity index (χ3v) is 7.12. The van der Waals surface area contributed by atoms with Gasteiger partial charge in [0.15, 0.2) is 0 Å². The number of rotatable bonds is 5. The molecule has 0 radical (unpaired) electrons. The maximum Gasteiger partial charge on any atom is 0.246 e. The lowest BCUT2D eigenvalue weighted by Crippen LogP contribution is -2.38. The highest BCUT2D eigenvalue weighted by Gasteiger charge is 2.32. The monoisotopic (exact) mass is 368 g/mol. The van der Waals surface area contributed by atoms with E-state index in [2.05, 4.69) is 4.98 Å². The van der Waals surface area contributed by atoms with Crippen LogP contribution in [-0.4, -0.2) is 45.0 Å². The number of benzene rings is 1. The van der Waals surface area contributed by atoms with Crippen LogP contribution in [0.2, 0.25) is 0 Å². The molecule has 0 spiro atoms. The summed E-state index contributed by atoms with van der Waals surface area (Å²) in [6.07, 6.45) is 3.36. The summed E-state index contributed by atoms with van der Waals surface area (Å²) >= 11 is 1.63. The third-order valence-electron chi connectivity index (χ3n) is 4.24. The van der Waals surface area contributed by atoms with Gasteiger partial charge in [-0.2, -0.15) is 4.31 Å². The summed E-state index contributed by atoms with van der Waals surface area (Å²) in [4.78, 5) is 4.53. The average Bonchev–Trinajstić information content (AvgIpc) is 3.15. The second kappa shape index (κ2) is 7.08. The van der Waals surface area contributed by atoms with Crippen molar-refractivity contribution in [1.82, 2.24) is 9.29 Å². The predicted octanol–water partition coefficient (Wildman–Crippen LogP) is 2.73. The zero-order valence-electron chi connectivity index (χ0n) is 13.6. The SMILES string of the molecule is COc1ccc(S(=O)(=O)N2CCC(c3nccs3)CC2)c(OC)c1. The van der Waals surface area contributed by atoms with Crippen molar-refractivity contribution in [2.45, 2.75) is 23.7 Å². The lowest BCUT2D eigenvalue weighted by Gasteiger charge is -2.30. The molecule has 2 heterocycles. The van der Waals surface area contributed by atoms with Gasteiger partial charge in [0.1, 0.15) is 16.4 Å². The molecule has 1 saturated heterocycles. The maximum absolute atomic E-state index is 13.0. The van der Waals surface area contributed by atoms with Gasteiger partial charge in [-0.15, -0.1) is 11.3 Å². The summed E-state index contributed by atoms with van der Waals surface area (Å²) in [5.74, 6) is 1.21. The highest BCUT2D eigenvalue weighted by molar-refractivity contribution is 7.89. The topological polar surface area (TPSA) is 68.7 Å². The molecule has 1 aliphatic rings. The number of hydrogen-bond donors (Lipinski definition) is 0. The molecule has 130 valence electrons. The molecule has 0 amide bonds. The van der Waals surface area contributed by atoms with Gasteiger partial charge in [-0.1, -0.05) is 0 Å². The Morgan fingerprint density at radius 2 is 1.96 bits per heavy atom. The zero-order chi connectivity index (χ0) is 17.2. The van der Waals surface area contributed by atoms with Crippen molar-refractivity contribution >= 4 is 21.4 Å². The Labute approximate surface area is 146 Å². The van der Waals surface area contributed by atoms with Gasteiger partial charge in [0, 0.05) is 36.7 Å². The van der Waals surface area contributed by atoms with E-state index < -0.39 is 10.0 Å². The molecular formula is C16H20N2O4S2. The van der Waals surface area contributed by atoms with Crippen molar-refractivity contribution in [3.05, 3.63) is 34.8 Å². The number of thiazole rings is 1. The van der Waals surface area contributed by atoms with Crippen molar-refractivity contribution in [2.75, 3.05) is 27.3 Å². The van der Waals surface area contributed by atoms with Crippen molar-refractivity contribution in [3.8, 4) is 11.5 Å². The van der Waals surface area contributed by atoms with Crippen molar-refractivity contribution < 1.29 is 17.9 Å². The Kier molecular flexibility index (Phi) is 5.07. The van der Waals surface area contributed by atoms with E-state index in [4.69, 9.17) is 9.47 Å². The van der Waals surface area contributed by atoms with Gasteiger partial charge in [-0.25, -0.2) is 13.4 Å². The first kappa shape index (κ1) is 17.2. The first-order valence-electron chi connectivity index (χ1n) is 7.68. The molecule has 8 heteroatoms. The Morgan fingerprint density at radius 1 is 1.21 bits per heavy atom. The van der Waals surface area contributed by atoms with Gasteiger partial charge < -0.3 is 9.47 Å². The highest BCUT2D eigenvalue weighted by atomic mass is 32.2. The van der Waals surface area contributed by atoms with E-state index in [-0.39, 0.29) is 4.90 Å². The molecule has 0 aliphatic carbocycles. The van der Waals surface area contributed by atoms with Crippen LogP contribution in [0.3, 0.4) is 0 Å².